The normalized spacial score (nSPS) is 15.2. The SMILES string of the molecule is CCNC(=NCc1ccnc(N2CCCCC2)c1)NCc1ncc(C)s1. The van der Waals surface area contributed by atoms with Gasteiger partial charge in [0.25, 0.3) is 0 Å². The molecule has 1 fully saturated rings. The first-order valence-corrected chi connectivity index (χ1v) is 10.2. The second kappa shape index (κ2) is 9.52. The standard InChI is InChI=1S/C19H28N6S/c1-3-20-19(24-14-18-22-12-15(2)26-18)23-13-16-7-8-21-17(11-16)25-9-5-4-6-10-25/h7-8,11-12H,3-6,9-10,13-14H2,1-2H3,(H2,20,23,24). The van der Waals surface area contributed by atoms with Crippen molar-refractivity contribution in [3.05, 3.63) is 40.0 Å². The van der Waals surface area contributed by atoms with Crippen LogP contribution in [0, 0.1) is 6.92 Å². The summed E-state index contributed by atoms with van der Waals surface area (Å²) in [5.41, 5.74) is 1.18. The predicted octanol–water partition coefficient (Wildman–Crippen LogP) is 3.09. The fourth-order valence-corrected chi connectivity index (χ4v) is 3.74. The molecule has 0 radical (unpaired) electrons. The number of nitrogens with zero attached hydrogens (tertiary/aromatic N) is 4. The number of aromatic nitrogens is 2. The lowest BCUT2D eigenvalue weighted by Gasteiger charge is -2.27. The minimum Gasteiger partial charge on any atom is -0.357 e. The Morgan fingerprint density at radius 3 is 2.81 bits per heavy atom. The minimum absolute atomic E-state index is 0.635. The highest BCUT2D eigenvalue weighted by molar-refractivity contribution is 7.11. The third kappa shape index (κ3) is 5.42. The molecule has 140 valence electrons. The monoisotopic (exact) mass is 372 g/mol. The van der Waals surface area contributed by atoms with Crippen LogP contribution < -0.4 is 15.5 Å². The third-order valence-electron chi connectivity index (χ3n) is 4.33. The Morgan fingerprint density at radius 1 is 1.23 bits per heavy atom. The van der Waals surface area contributed by atoms with Crippen molar-refractivity contribution in [2.45, 2.75) is 46.2 Å². The van der Waals surface area contributed by atoms with Gasteiger partial charge in [0.05, 0.1) is 13.1 Å². The molecule has 6 nitrogen and oxygen atoms in total. The van der Waals surface area contributed by atoms with Gasteiger partial charge in [0.1, 0.15) is 10.8 Å². The minimum atomic E-state index is 0.635. The molecule has 0 aliphatic carbocycles. The molecule has 0 saturated carbocycles. The van der Waals surface area contributed by atoms with Gasteiger partial charge in [-0.3, -0.25) is 0 Å². The van der Waals surface area contributed by atoms with E-state index in [9.17, 15) is 0 Å². The van der Waals surface area contributed by atoms with Crippen molar-refractivity contribution in [3.8, 4) is 0 Å². The molecule has 0 bridgehead atoms. The lowest BCUT2D eigenvalue weighted by molar-refractivity contribution is 0.573. The quantitative estimate of drug-likeness (QED) is 0.603. The molecule has 2 aromatic heterocycles. The molecule has 0 unspecified atom stereocenters. The first kappa shape index (κ1) is 18.6. The molecule has 26 heavy (non-hydrogen) atoms. The van der Waals surface area contributed by atoms with Gasteiger partial charge in [-0.15, -0.1) is 11.3 Å². The van der Waals surface area contributed by atoms with E-state index in [2.05, 4.69) is 45.4 Å². The Hall–Kier alpha value is -2.15. The van der Waals surface area contributed by atoms with Gasteiger partial charge in [-0.05, 0) is 50.8 Å². The number of pyridine rings is 1. The molecule has 3 rings (SSSR count). The molecule has 2 aromatic rings. The number of nitrogens with one attached hydrogen (secondary N) is 2. The van der Waals surface area contributed by atoms with Crippen molar-refractivity contribution in [1.82, 2.24) is 20.6 Å². The molecule has 1 aliphatic heterocycles. The fourth-order valence-electron chi connectivity index (χ4n) is 3.01. The molecule has 0 atom stereocenters. The van der Waals surface area contributed by atoms with Gasteiger partial charge in [0.15, 0.2) is 5.96 Å². The van der Waals surface area contributed by atoms with E-state index in [4.69, 9.17) is 4.99 Å². The molecular formula is C19H28N6S. The number of aryl methyl sites for hydroxylation is 1. The lowest BCUT2D eigenvalue weighted by atomic mass is 10.1. The summed E-state index contributed by atoms with van der Waals surface area (Å²) in [6.45, 7) is 8.52. The van der Waals surface area contributed by atoms with Gasteiger partial charge < -0.3 is 15.5 Å². The zero-order valence-corrected chi connectivity index (χ0v) is 16.5. The molecule has 3 heterocycles. The van der Waals surface area contributed by atoms with Crippen LogP contribution in [0.1, 0.15) is 41.6 Å². The molecule has 7 heteroatoms. The van der Waals surface area contributed by atoms with Crippen LogP contribution in [0.3, 0.4) is 0 Å². The lowest BCUT2D eigenvalue weighted by Crippen LogP contribution is -2.36. The van der Waals surface area contributed by atoms with E-state index in [0.29, 0.717) is 13.1 Å². The smallest absolute Gasteiger partial charge is 0.191 e. The average Bonchev–Trinajstić information content (AvgIpc) is 3.10. The highest BCUT2D eigenvalue weighted by Gasteiger charge is 2.12. The number of aliphatic imine (C=N–C) groups is 1. The number of guanidine groups is 1. The van der Waals surface area contributed by atoms with Crippen LogP contribution in [0.15, 0.2) is 29.5 Å². The summed E-state index contributed by atoms with van der Waals surface area (Å²) in [5, 5.41) is 7.73. The third-order valence-corrected chi connectivity index (χ3v) is 5.24. The van der Waals surface area contributed by atoms with E-state index in [1.807, 2.05) is 18.5 Å². The van der Waals surface area contributed by atoms with E-state index in [0.717, 1.165) is 36.4 Å². The van der Waals surface area contributed by atoms with Crippen molar-refractivity contribution in [3.63, 3.8) is 0 Å². The van der Waals surface area contributed by atoms with Crippen LogP contribution in [-0.4, -0.2) is 35.6 Å². The Morgan fingerprint density at radius 2 is 2.08 bits per heavy atom. The van der Waals surface area contributed by atoms with E-state index in [-0.39, 0.29) is 0 Å². The summed E-state index contributed by atoms with van der Waals surface area (Å²) in [4.78, 5) is 17.3. The van der Waals surface area contributed by atoms with E-state index in [1.54, 1.807) is 11.3 Å². The zero-order valence-electron chi connectivity index (χ0n) is 15.7. The summed E-state index contributed by atoms with van der Waals surface area (Å²) in [6, 6.07) is 4.22. The first-order valence-electron chi connectivity index (χ1n) is 9.38. The van der Waals surface area contributed by atoms with Gasteiger partial charge >= 0.3 is 0 Å². The number of rotatable bonds is 6. The second-order valence-corrected chi connectivity index (χ2v) is 7.80. The zero-order chi connectivity index (χ0) is 18.2. The number of hydrogen-bond donors (Lipinski definition) is 2. The molecule has 0 aromatic carbocycles. The van der Waals surface area contributed by atoms with Gasteiger partial charge in [0.2, 0.25) is 0 Å². The number of piperidine rings is 1. The van der Waals surface area contributed by atoms with Crippen LogP contribution in [0.2, 0.25) is 0 Å². The van der Waals surface area contributed by atoms with Gasteiger partial charge in [-0.1, -0.05) is 0 Å². The maximum atomic E-state index is 4.72. The Balaban J connectivity index is 1.61. The molecular weight excluding hydrogens is 344 g/mol. The van der Waals surface area contributed by atoms with Crippen LogP contribution in [-0.2, 0) is 13.1 Å². The van der Waals surface area contributed by atoms with Crippen LogP contribution in [0.4, 0.5) is 5.82 Å². The van der Waals surface area contributed by atoms with Crippen molar-refractivity contribution >= 4 is 23.1 Å². The first-order chi connectivity index (χ1) is 12.7. The van der Waals surface area contributed by atoms with Gasteiger partial charge in [-0.2, -0.15) is 0 Å². The number of anilines is 1. The van der Waals surface area contributed by atoms with E-state index < -0.39 is 0 Å². The summed E-state index contributed by atoms with van der Waals surface area (Å²) in [6.07, 6.45) is 7.65. The van der Waals surface area contributed by atoms with Crippen molar-refractivity contribution in [2.75, 3.05) is 24.5 Å². The molecule has 0 spiro atoms. The Labute approximate surface area is 159 Å². The highest BCUT2D eigenvalue weighted by Crippen LogP contribution is 2.18. The summed E-state index contributed by atoms with van der Waals surface area (Å²) < 4.78 is 0. The van der Waals surface area contributed by atoms with Crippen LogP contribution in [0.25, 0.3) is 0 Å². The molecule has 1 saturated heterocycles. The van der Waals surface area contributed by atoms with Crippen LogP contribution in [0.5, 0.6) is 0 Å². The van der Waals surface area contributed by atoms with Crippen molar-refractivity contribution < 1.29 is 0 Å². The summed E-state index contributed by atoms with van der Waals surface area (Å²) in [7, 11) is 0. The summed E-state index contributed by atoms with van der Waals surface area (Å²) in [5.74, 6) is 1.89. The number of hydrogen-bond acceptors (Lipinski definition) is 5. The fraction of sp³-hybridized carbons (Fsp3) is 0.526. The van der Waals surface area contributed by atoms with E-state index in [1.165, 1.54) is 29.7 Å². The van der Waals surface area contributed by atoms with Crippen molar-refractivity contribution in [2.24, 2.45) is 4.99 Å². The predicted molar refractivity (Wildman–Crippen MR) is 109 cm³/mol. The summed E-state index contributed by atoms with van der Waals surface area (Å²) >= 11 is 1.71. The molecule has 0 amide bonds. The van der Waals surface area contributed by atoms with Gasteiger partial charge in [-0.25, -0.2) is 15.0 Å². The van der Waals surface area contributed by atoms with Crippen molar-refractivity contribution in [1.29, 1.82) is 0 Å². The maximum Gasteiger partial charge on any atom is 0.191 e. The largest absolute Gasteiger partial charge is 0.357 e. The second-order valence-electron chi connectivity index (χ2n) is 6.48. The Kier molecular flexibility index (Phi) is 6.82. The maximum absolute atomic E-state index is 4.72. The van der Waals surface area contributed by atoms with E-state index >= 15 is 0 Å². The molecule has 2 N–H and O–H groups in total. The highest BCUT2D eigenvalue weighted by atomic mass is 32.1. The number of thiazole rings is 1. The van der Waals surface area contributed by atoms with Gasteiger partial charge in [0, 0.05) is 36.9 Å². The molecule has 1 aliphatic rings. The topological polar surface area (TPSA) is 65.4 Å². The van der Waals surface area contributed by atoms with Crippen LogP contribution >= 0.6 is 11.3 Å². The Bertz CT molecular complexity index is 720. The average molecular weight is 373 g/mol.